The highest BCUT2D eigenvalue weighted by Crippen LogP contribution is 2.18. The number of aryl methyl sites for hydroxylation is 2. The van der Waals surface area contributed by atoms with Crippen molar-refractivity contribution >= 4 is 11.8 Å². The maximum absolute atomic E-state index is 8.99. The average Bonchev–Trinajstić information content (AvgIpc) is 2.46. The van der Waals surface area contributed by atoms with Crippen molar-refractivity contribution in [3.05, 3.63) is 64.7 Å². The second kappa shape index (κ2) is 7.75. The fourth-order valence-electron chi connectivity index (χ4n) is 2.24. The molecule has 0 aliphatic rings. The summed E-state index contributed by atoms with van der Waals surface area (Å²) in [5.74, 6) is 2.57. The molecule has 0 bridgehead atoms. The van der Waals surface area contributed by atoms with Crippen LogP contribution in [0.2, 0.25) is 0 Å². The molecule has 2 nitrogen and oxygen atoms in total. The molecular formula is C18H19NOS. The second-order valence-electron chi connectivity index (χ2n) is 5.00. The fraction of sp³-hybridized carbons (Fsp3) is 0.278. The van der Waals surface area contributed by atoms with Gasteiger partial charge in [-0.25, -0.2) is 0 Å². The van der Waals surface area contributed by atoms with Crippen LogP contribution in [-0.4, -0.2) is 12.4 Å². The summed E-state index contributed by atoms with van der Waals surface area (Å²) in [7, 11) is 0. The van der Waals surface area contributed by atoms with Crippen molar-refractivity contribution in [3.63, 3.8) is 0 Å². The van der Waals surface area contributed by atoms with Crippen LogP contribution in [0.5, 0.6) is 5.75 Å². The number of para-hydroxylation sites is 1. The molecule has 0 radical (unpaired) electrons. The van der Waals surface area contributed by atoms with Gasteiger partial charge < -0.3 is 4.74 Å². The van der Waals surface area contributed by atoms with Crippen LogP contribution in [0.25, 0.3) is 0 Å². The summed E-state index contributed by atoms with van der Waals surface area (Å²) in [6.07, 6.45) is 0. The highest BCUT2D eigenvalue weighted by Gasteiger charge is 2.01. The van der Waals surface area contributed by atoms with Gasteiger partial charge in [-0.3, -0.25) is 0 Å². The van der Waals surface area contributed by atoms with E-state index in [-0.39, 0.29) is 0 Å². The fourth-order valence-corrected chi connectivity index (χ4v) is 2.99. The minimum atomic E-state index is 0.594. The van der Waals surface area contributed by atoms with Crippen molar-refractivity contribution in [1.82, 2.24) is 0 Å². The lowest BCUT2D eigenvalue weighted by atomic mass is 10.1. The molecule has 108 valence electrons. The Bertz CT molecular complexity index is 626. The highest BCUT2D eigenvalue weighted by molar-refractivity contribution is 7.98. The van der Waals surface area contributed by atoms with Gasteiger partial charge in [0.15, 0.2) is 0 Å². The molecule has 0 spiro atoms. The normalized spacial score (nSPS) is 10.1. The van der Waals surface area contributed by atoms with Gasteiger partial charge in [-0.1, -0.05) is 41.5 Å². The Kier molecular flexibility index (Phi) is 5.71. The molecule has 0 aliphatic heterocycles. The van der Waals surface area contributed by atoms with Gasteiger partial charge in [0.2, 0.25) is 0 Å². The third-order valence-electron chi connectivity index (χ3n) is 3.04. The zero-order valence-corrected chi connectivity index (χ0v) is 13.2. The molecule has 2 rings (SSSR count). The van der Waals surface area contributed by atoms with Gasteiger partial charge in [-0.15, -0.1) is 0 Å². The average molecular weight is 297 g/mol. The maximum atomic E-state index is 8.99. The van der Waals surface area contributed by atoms with Crippen LogP contribution in [0.4, 0.5) is 0 Å². The SMILES string of the molecule is Cc1cc(C)cc(CSCCOc2ccccc2C#N)c1. The van der Waals surface area contributed by atoms with E-state index in [0.717, 1.165) is 11.5 Å². The molecule has 3 heteroatoms. The molecule has 0 fully saturated rings. The summed E-state index contributed by atoms with van der Waals surface area (Å²) >= 11 is 1.85. The van der Waals surface area contributed by atoms with Crippen LogP contribution in [0.15, 0.2) is 42.5 Å². The number of nitrogens with zero attached hydrogens (tertiary/aromatic N) is 1. The molecule has 0 unspecified atom stereocenters. The summed E-state index contributed by atoms with van der Waals surface area (Å²) < 4.78 is 5.67. The van der Waals surface area contributed by atoms with Crippen LogP contribution in [0.3, 0.4) is 0 Å². The first-order valence-electron chi connectivity index (χ1n) is 6.96. The summed E-state index contributed by atoms with van der Waals surface area (Å²) in [5.41, 5.74) is 4.57. The molecular weight excluding hydrogens is 278 g/mol. The molecule has 0 heterocycles. The Hall–Kier alpha value is -1.92. The summed E-state index contributed by atoms with van der Waals surface area (Å²) in [4.78, 5) is 0. The van der Waals surface area contributed by atoms with E-state index in [9.17, 15) is 0 Å². The Morgan fingerprint density at radius 2 is 1.81 bits per heavy atom. The maximum Gasteiger partial charge on any atom is 0.137 e. The molecule has 0 atom stereocenters. The monoisotopic (exact) mass is 297 g/mol. The smallest absolute Gasteiger partial charge is 0.137 e. The Labute approximate surface area is 130 Å². The summed E-state index contributed by atoms with van der Waals surface area (Å²) in [6.45, 7) is 4.88. The van der Waals surface area contributed by atoms with Crippen LogP contribution in [-0.2, 0) is 5.75 Å². The number of hydrogen-bond acceptors (Lipinski definition) is 3. The number of hydrogen-bond donors (Lipinski definition) is 0. The van der Waals surface area contributed by atoms with Crippen molar-refractivity contribution in [2.75, 3.05) is 12.4 Å². The Balaban J connectivity index is 1.76. The van der Waals surface area contributed by atoms with Crippen LogP contribution >= 0.6 is 11.8 Å². The first-order valence-corrected chi connectivity index (χ1v) is 8.11. The number of thioether (sulfide) groups is 1. The highest BCUT2D eigenvalue weighted by atomic mass is 32.2. The van der Waals surface area contributed by atoms with Crippen LogP contribution in [0.1, 0.15) is 22.3 Å². The van der Waals surface area contributed by atoms with Gasteiger partial charge in [0.1, 0.15) is 11.8 Å². The third kappa shape index (κ3) is 4.84. The lowest BCUT2D eigenvalue weighted by Gasteiger charge is -2.08. The van der Waals surface area contributed by atoms with E-state index in [1.807, 2.05) is 30.0 Å². The van der Waals surface area contributed by atoms with Gasteiger partial charge in [-0.2, -0.15) is 17.0 Å². The molecule has 0 amide bonds. The zero-order valence-electron chi connectivity index (χ0n) is 12.4. The van der Waals surface area contributed by atoms with Crippen molar-refractivity contribution in [2.24, 2.45) is 0 Å². The minimum absolute atomic E-state index is 0.594. The van der Waals surface area contributed by atoms with Gasteiger partial charge >= 0.3 is 0 Å². The number of benzene rings is 2. The Morgan fingerprint density at radius 1 is 1.10 bits per heavy atom. The molecule has 2 aromatic rings. The van der Waals surface area contributed by atoms with Crippen molar-refractivity contribution in [2.45, 2.75) is 19.6 Å². The summed E-state index contributed by atoms with van der Waals surface area (Å²) in [6, 6.07) is 16.1. The van der Waals surface area contributed by atoms with Crippen LogP contribution in [0, 0.1) is 25.2 Å². The van der Waals surface area contributed by atoms with Gasteiger partial charge in [0.05, 0.1) is 12.2 Å². The molecule has 0 aliphatic carbocycles. The van der Waals surface area contributed by atoms with Gasteiger partial charge in [0, 0.05) is 11.5 Å². The minimum Gasteiger partial charge on any atom is -0.491 e. The van der Waals surface area contributed by atoms with Crippen molar-refractivity contribution < 1.29 is 4.74 Å². The lowest BCUT2D eigenvalue weighted by molar-refractivity contribution is 0.343. The zero-order chi connectivity index (χ0) is 15.1. The van der Waals surface area contributed by atoms with E-state index in [4.69, 9.17) is 10.00 Å². The molecule has 0 aromatic heterocycles. The first-order chi connectivity index (χ1) is 10.2. The van der Waals surface area contributed by atoms with E-state index in [0.29, 0.717) is 17.9 Å². The largest absolute Gasteiger partial charge is 0.491 e. The van der Waals surface area contributed by atoms with E-state index in [1.54, 1.807) is 6.07 Å². The lowest BCUT2D eigenvalue weighted by Crippen LogP contribution is -2.02. The van der Waals surface area contributed by atoms with E-state index < -0.39 is 0 Å². The molecule has 21 heavy (non-hydrogen) atoms. The number of nitriles is 1. The molecule has 0 saturated heterocycles. The number of ether oxygens (including phenoxy) is 1. The topological polar surface area (TPSA) is 33.0 Å². The quantitative estimate of drug-likeness (QED) is 0.737. The Morgan fingerprint density at radius 3 is 2.52 bits per heavy atom. The first kappa shape index (κ1) is 15.5. The number of rotatable bonds is 6. The van der Waals surface area contributed by atoms with Gasteiger partial charge in [0.25, 0.3) is 0 Å². The van der Waals surface area contributed by atoms with E-state index in [1.165, 1.54) is 16.7 Å². The molecule has 0 N–H and O–H groups in total. The predicted octanol–water partition coefficient (Wildman–Crippen LogP) is 4.49. The standard InChI is InChI=1S/C18H19NOS/c1-14-9-15(2)11-16(10-14)13-21-8-7-20-18-6-4-3-5-17(18)12-19/h3-6,9-11H,7-8,13H2,1-2H3. The van der Waals surface area contributed by atoms with E-state index in [2.05, 4.69) is 38.1 Å². The predicted molar refractivity (Wildman–Crippen MR) is 88.7 cm³/mol. The van der Waals surface area contributed by atoms with Crippen molar-refractivity contribution in [1.29, 1.82) is 5.26 Å². The molecule has 0 saturated carbocycles. The molecule has 2 aromatic carbocycles. The van der Waals surface area contributed by atoms with Gasteiger partial charge in [-0.05, 0) is 31.5 Å². The second-order valence-corrected chi connectivity index (χ2v) is 6.11. The van der Waals surface area contributed by atoms with E-state index >= 15 is 0 Å². The van der Waals surface area contributed by atoms with Crippen molar-refractivity contribution in [3.8, 4) is 11.8 Å². The summed E-state index contributed by atoms with van der Waals surface area (Å²) in [5, 5.41) is 8.99. The third-order valence-corrected chi connectivity index (χ3v) is 4.04. The van der Waals surface area contributed by atoms with Crippen LogP contribution < -0.4 is 4.74 Å².